The van der Waals surface area contributed by atoms with Gasteiger partial charge in [-0.25, -0.2) is 4.79 Å². The molecule has 2 heterocycles. The van der Waals surface area contributed by atoms with Crippen LogP contribution in [-0.4, -0.2) is 67.7 Å². The third-order valence-corrected chi connectivity index (χ3v) is 6.04. The first-order valence-corrected chi connectivity index (χ1v) is 9.53. The summed E-state index contributed by atoms with van der Waals surface area (Å²) in [6.45, 7) is 3.01. The van der Waals surface area contributed by atoms with Crippen LogP contribution in [0.25, 0.3) is 0 Å². The largest absolute Gasteiger partial charge is 0.383 e. The van der Waals surface area contributed by atoms with Gasteiger partial charge >= 0.3 is 6.03 Å². The molecule has 140 valence electrons. The molecule has 2 saturated heterocycles. The molecule has 1 saturated carbocycles. The Morgan fingerprint density at radius 3 is 2.77 bits per heavy atom. The summed E-state index contributed by atoms with van der Waals surface area (Å²) in [5, 5.41) is 3.08. The quantitative estimate of drug-likeness (QED) is 0.874. The van der Waals surface area contributed by atoms with E-state index in [1.165, 1.54) is 0 Å². The second kappa shape index (κ2) is 6.91. The van der Waals surface area contributed by atoms with E-state index in [0.29, 0.717) is 32.3 Å². The van der Waals surface area contributed by atoms with Crippen molar-refractivity contribution in [2.24, 2.45) is 5.41 Å². The normalized spacial score (nSPS) is 28.2. The summed E-state index contributed by atoms with van der Waals surface area (Å²) in [5.74, 6) is 0.221. The molecule has 1 spiro atoms. The molecular formula is C20H27N3O3. The summed E-state index contributed by atoms with van der Waals surface area (Å²) < 4.78 is 5.16. The van der Waals surface area contributed by atoms with E-state index in [-0.39, 0.29) is 17.9 Å². The first kappa shape index (κ1) is 17.3. The highest BCUT2D eigenvalue weighted by atomic mass is 16.5. The molecule has 1 aliphatic carbocycles. The number of urea groups is 1. The number of hydrogen-bond donors (Lipinski definition) is 1. The number of carbonyl (C=O) groups is 2. The van der Waals surface area contributed by atoms with Gasteiger partial charge in [0.2, 0.25) is 5.91 Å². The number of likely N-dealkylation sites (tertiary alicyclic amines) is 2. The standard InChI is InChI=1S/C20H27N3O3/c1-26-12-11-22-10-9-20(18(22)24)14-23(19(25)21-16-7-8-16)13-17(20)15-5-3-2-4-6-15/h2-6,16-17H,7-14H2,1H3,(H,21,25)/t17-,20+/m0/s1. The number of carbonyl (C=O) groups excluding carboxylic acids is 2. The lowest BCUT2D eigenvalue weighted by Crippen LogP contribution is -2.43. The van der Waals surface area contributed by atoms with E-state index in [2.05, 4.69) is 17.4 Å². The lowest BCUT2D eigenvalue weighted by atomic mass is 9.73. The summed E-state index contributed by atoms with van der Waals surface area (Å²) in [7, 11) is 1.66. The molecule has 26 heavy (non-hydrogen) atoms. The molecule has 3 amide bonds. The second-order valence-corrected chi connectivity index (χ2v) is 7.76. The van der Waals surface area contributed by atoms with Crippen molar-refractivity contribution in [2.45, 2.75) is 31.2 Å². The summed E-state index contributed by atoms with van der Waals surface area (Å²) in [5.41, 5.74) is 0.645. The molecule has 3 fully saturated rings. The van der Waals surface area contributed by atoms with E-state index >= 15 is 0 Å². The second-order valence-electron chi connectivity index (χ2n) is 7.76. The number of amides is 3. The fourth-order valence-electron chi connectivity index (χ4n) is 4.41. The van der Waals surface area contributed by atoms with E-state index < -0.39 is 5.41 Å². The minimum Gasteiger partial charge on any atom is -0.383 e. The fraction of sp³-hybridized carbons (Fsp3) is 0.600. The van der Waals surface area contributed by atoms with Crippen molar-refractivity contribution < 1.29 is 14.3 Å². The zero-order chi connectivity index (χ0) is 18.1. The molecular weight excluding hydrogens is 330 g/mol. The molecule has 6 nitrogen and oxygen atoms in total. The molecule has 6 heteroatoms. The lowest BCUT2D eigenvalue weighted by molar-refractivity contribution is -0.136. The highest BCUT2D eigenvalue weighted by molar-refractivity contribution is 5.88. The number of hydrogen-bond acceptors (Lipinski definition) is 3. The average molecular weight is 357 g/mol. The predicted molar refractivity (Wildman–Crippen MR) is 97.8 cm³/mol. The molecule has 2 atom stereocenters. The van der Waals surface area contributed by atoms with Gasteiger partial charge in [-0.15, -0.1) is 0 Å². The van der Waals surface area contributed by atoms with Gasteiger partial charge in [0, 0.05) is 45.2 Å². The van der Waals surface area contributed by atoms with Crippen molar-refractivity contribution in [2.75, 3.05) is 39.9 Å². The number of benzene rings is 1. The molecule has 2 aliphatic heterocycles. The van der Waals surface area contributed by atoms with Gasteiger partial charge in [-0.3, -0.25) is 4.79 Å². The van der Waals surface area contributed by atoms with Gasteiger partial charge in [0.1, 0.15) is 0 Å². The maximum absolute atomic E-state index is 13.3. The molecule has 3 aliphatic rings. The third-order valence-electron chi connectivity index (χ3n) is 6.04. The topological polar surface area (TPSA) is 61.9 Å². The van der Waals surface area contributed by atoms with E-state index in [1.807, 2.05) is 28.0 Å². The van der Waals surface area contributed by atoms with Crippen LogP contribution in [0, 0.1) is 5.41 Å². The Morgan fingerprint density at radius 1 is 1.31 bits per heavy atom. The Kier molecular flexibility index (Phi) is 4.61. The predicted octanol–water partition coefficient (Wildman–Crippen LogP) is 1.82. The Hall–Kier alpha value is -2.08. The first-order chi connectivity index (χ1) is 12.6. The zero-order valence-electron chi connectivity index (χ0n) is 15.3. The lowest BCUT2D eigenvalue weighted by Gasteiger charge is -2.29. The molecule has 0 radical (unpaired) electrons. The highest BCUT2D eigenvalue weighted by Gasteiger charge is 2.58. The minimum atomic E-state index is -0.504. The summed E-state index contributed by atoms with van der Waals surface area (Å²) >= 11 is 0. The van der Waals surface area contributed by atoms with Crippen molar-refractivity contribution in [3.8, 4) is 0 Å². The first-order valence-electron chi connectivity index (χ1n) is 9.53. The Bertz CT molecular complexity index is 676. The van der Waals surface area contributed by atoms with E-state index in [9.17, 15) is 9.59 Å². The zero-order valence-corrected chi connectivity index (χ0v) is 15.3. The molecule has 0 bridgehead atoms. The minimum absolute atomic E-state index is 0.0200. The fourth-order valence-corrected chi connectivity index (χ4v) is 4.41. The third kappa shape index (κ3) is 3.07. The Balaban J connectivity index is 1.59. The van der Waals surface area contributed by atoms with E-state index in [1.54, 1.807) is 7.11 Å². The van der Waals surface area contributed by atoms with Gasteiger partial charge in [0.15, 0.2) is 0 Å². The monoisotopic (exact) mass is 357 g/mol. The van der Waals surface area contributed by atoms with Crippen molar-refractivity contribution in [1.82, 2.24) is 15.1 Å². The van der Waals surface area contributed by atoms with Crippen molar-refractivity contribution in [3.05, 3.63) is 35.9 Å². The van der Waals surface area contributed by atoms with Gasteiger partial charge in [-0.1, -0.05) is 30.3 Å². The molecule has 1 N–H and O–H groups in total. The SMILES string of the molecule is COCCN1CC[C@]2(CN(C(=O)NC3CC3)C[C@H]2c2ccccc2)C1=O. The van der Waals surface area contributed by atoms with Crippen LogP contribution in [0.5, 0.6) is 0 Å². The molecule has 0 aromatic heterocycles. The number of rotatable bonds is 5. The van der Waals surface area contributed by atoms with Gasteiger partial charge in [-0.2, -0.15) is 0 Å². The van der Waals surface area contributed by atoms with Crippen LogP contribution in [0.3, 0.4) is 0 Å². The van der Waals surface area contributed by atoms with Gasteiger partial charge in [0.25, 0.3) is 0 Å². The van der Waals surface area contributed by atoms with Crippen LogP contribution in [0.2, 0.25) is 0 Å². The van der Waals surface area contributed by atoms with Gasteiger partial charge in [-0.05, 0) is 24.8 Å². The molecule has 1 aromatic rings. The van der Waals surface area contributed by atoms with Crippen LogP contribution in [-0.2, 0) is 9.53 Å². The average Bonchev–Trinajstić information content (AvgIpc) is 3.31. The van der Waals surface area contributed by atoms with E-state index in [0.717, 1.165) is 31.4 Å². The Morgan fingerprint density at radius 2 is 2.08 bits per heavy atom. The van der Waals surface area contributed by atoms with Gasteiger partial charge in [0.05, 0.1) is 12.0 Å². The van der Waals surface area contributed by atoms with Crippen LogP contribution in [0.4, 0.5) is 4.79 Å². The number of ether oxygens (including phenoxy) is 1. The maximum atomic E-state index is 13.3. The van der Waals surface area contributed by atoms with Crippen molar-refractivity contribution >= 4 is 11.9 Å². The smallest absolute Gasteiger partial charge is 0.317 e. The summed E-state index contributed by atoms with van der Waals surface area (Å²) in [6, 6.07) is 10.5. The molecule has 1 aromatic carbocycles. The van der Waals surface area contributed by atoms with Crippen LogP contribution in [0.15, 0.2) is 30.3 Å². The van der Waals surface area contributed by atoms with Crippen molar-refractivity contribution in [3.63, 3.8) is 0 Å². The summed E-state index contributed by atoms with van der Waals surface area (Å²) in [6.07, 6.45) is 2.93. The number of methoxy groups -OCH3 is 1. The number of nitrogens with zero attached hydrogens (tertiary/aromatic N) is 2. The van der Waals surface area contributed by atoms with E-state index in [4.69, 9.17) is 4.74 Å². The molecule has 0 unspecified atom stereocenters. The van der Waals surface area contributed by atoms with Crippen LogP contribution >= 0.6 is 0 Å². The maximum Gasteiger partial charge on any atom is 0.317 e. The highest BCUT2D eigenvalue weighted by Crippen LogP contribution is 2.49. The van der Waals surface area contributed by atoms with Crippen LogP contribution in [0.1, 0.15) is 30.7 Å². The molecule has 4 rings (SSSR count). The van der Waals surface area contributed by atoms with Crippen LogP contribution < -0.4 is 5.32 Å². The summed E-state index contributed by atoms with van der Waals surface area (Å²) in [4.78, 5) is 29.7. The Labute approximate surface area is 154 Å². The number of nitrogens with one attached hydrogen (secondary N) is 1. The van der Waals surface area contributed by atoms with Crippen molar-refractivity contribution in [1.29, 1.82) is 0 Å². The van der Waals surface area contributed by atoms with Gasteiger partial charge < -0.3 is 19.9 Å².